The van der Waals surface area contributed by atoms with Gasteiger partial charge in [-0.3, -0.25) is 0 Å². The van der Waals surface area contributed by atoms with Crippen LogP contribution in [0.4, 0.5) is 13.2 Å². The number of carbonyl (C=O) groups is 1. The SMILES string of the molecule is COC(=O)c1csc(-c2cc(C(F)(F)F)nn2C2CCCCO2)n1. The van der Waals surface area contributed by atoms with Gasteiger partial charge >= 0.3 is 12.1 Å². The number of rotatable bonds is 3. The van der Waals surface area contributed by atoms with Crippen LogP contribution in [0.15, 0.2) is 11.4 Å². The van der Waals surface area contributed by atoms with Crippen LogP contribution in [0.2, 0.25) is 0 Å². The van der Waals surface area contributed by atoms with Crippen LogP contribution in [0.1, 0.15) is 41.7 Å². The van der Waals surface area contributed by atoms with Gasteiger partial charge in [0.15, 0.2) is 17.6 Å². The molecule has 0 saturated carbocycles. The lowest BCUT2D eigenvalue weighted by molar-refractivity contribution is -0.142. The maximum absolute atomic E-state index is 13.0. The summed E-state index contributed by atoms with van der Waals surface area (Å²) in [5.41, 5.74) is -0.792. The normalized spacial score (nSPS) is 18.6. The van der Waals surface area contributed by atoms with E-state index in [1.807, 2.05) is 0 Å². The lowest BCUT2D eigenvalue weighted by Gasteiger charge is -2.24. The first kappa shape index (κ1) is 16.9. The van der Waals surface area contributed by atoms with E-state index in [4.69, 9.17) is 4.74 Å². The van der Waals surface area contributed by atoms with E-state index >= 15 is 0 Å². The van der Waals surface area contributed by atoms with Crippen LogP contribution in [0, 0.1) is 0 Å². The number of ether oxygens (including phenoxy) is 2. The zero-order chi connectivity index (χ0) is 17.3. The highest BCUT2D eigenvalue weighted by molar-refractivity contribution is 7.13. The van der Waals surface area contributed by atoms with Gasteiger partial charge in [-0.25, -0.2) is 14.5 Å². The topological polar surface area (TPSA) is 66.2 Å². The minimum atomic E-state index is -4.57. The smallest absolute Gasteiger partial charge is 0.435 e. The maximum Gasteiger partial charge on any atom is 0.435 e. The molecule has 24 heavy (non-hydrogen) atoms. The van der Waals surface area contributed by atoms with Crippen molar-refractivity contribution < 1.29 is 27.4 Å². The Balaban J connectivity index is 2.02. The van der Waals surface area contributed by atoms with Crippen LogP contribution in [0.5, 0.6) is 0 Å². The van der Waals surface area contributed by atoms with Crippen molar-refractivity contribution in [1.29, 1.82) is 0 Å². The van der Waals surface area contributed by atoms with Crippen molar-refractivity contribution in [2.75, 3.05) is 13.7 Å². The minimum absolute atomic E-state index is 0.0448. The molecule has 0 aliphatic carbocycles. The summed E-state index contributed by atoms with van der Waals surface area (Å²) in [7, 11) is 1.21. The molecule has 2 aromatic heterocycles. The molecule has 1 fully saturated rings. The first-order valence-electron chi connectivity index (χ1n) is 7.22. The molecular formula is C14H14F3N3O3S. The molecule has 0 aromatic carbocycles. The van der Waals surface area contributed by atoms with Gasteiger partial charge in [0.1, 0.15) is 10.7 Å². The average Bonchev–Trinajstić information content (AvgIpc) is 3.21. The van der Waals surface area contributed by atoms with Crippen molar-refractivity contribution in [3.63, 3.8) is 0 Å². The molecule has 1 unspecified atom stereocenters. The first-order chi connectivity index (χ1) is 11.4. The fraction of sp³-hybridized carbons (Fsp3) is 0.500. The van der Waals surface area contributed by atoms with E-state index in [-0.39, 0.29) is 16.4 Å². The van der Waals surface area contributed by atoms with E-state index < -0.39 is 24.1 Å². The fourth-order valence-electron chi connectivity index (χ4n) is 2.42. The molecule has 2 aromatic rings. The number of esters is 1. The summed E-state index contributed by atoms with van der Waals surface area (Å²) in [5.74, 6) is -0.645. The van der Waals surface area contributed by atoms with Crippen molar-refractivity contribution in [2.24, 2.45) is 0 Å². The Kier molecular flexibility index (Phi) is 4.59. The highest BCUT2D eigenvalue weighted by Gasteiger charge is 2.37. The number of nitrogens with zero attached hydrogens (tertiary/aromatic N) is 3. The molecule has 1 saturated heterocycles. The van der Waals surface area contributed by atoms with Crippen molar-refractivity contribution in [3.8, 4) is 10.7 Å². The lowest BCUT2D eigenvalue weighted by Crippen LogP contribution is -2.20. The standard InChI is InChI=1S/C14H14F3N3O3S/c1-22-13(21)8-7-24-12(18-8)9-6-10(14(15,16)17)19-20(9)11-4-2-3-5-23-11/h6-7,11H,2-5H2,1H3. The number of carbonyl (C=O) groups excluding carboxylic acids is 1. The molecule has 3 rings (SSSR count). The Morgan fingerprint density at radius 1 is 1.46 bits per heavy atom. The van der Waals surface area contributed by atoms with Crippen LogP contribution in [-0.4, -0.2) is 34.5 Å². The predicted molar refractivity (Wildman–Crippen MR) is 78.5 cm³/mol. The van der Waals surface area contributed by atoms with Gasteiger partial charge < -0.3 is 9.47 Å². The van der Waals surface area contributed by atoms with Crippen LogP contribution < -0.4 is 0 Å². The Morgan fingerprint density at radius 2 is 2.25 bits per heavy atom. The monoisotopic (exact) mass is 361 g/mol. The molecule has 6 nitrogen and oxygen atoms in total. The first-order valence-corrected chi connectivity index (χ1v) is 8.10. The largest absolute Gasteiger partial charge is 0.464 e. The van der Waals surface area contributed by atoms with E-state index in [1.54, 1.807) is 0 Å². The molecule has 1 aliphatic rings. The van der Waals surface area contributed by atoms with Gasteiger partial charge in [0.25, 0.3) is 0 Å². The van der Waals surface area contributed by atoms with Gasteiger partial charge in [-0.2, -0.15) is 18.3 Å². The summed E-state index contributed by atoms with van der Waals surface area (Å²) >= 11 is 1.05. The van der Waals surface area contributed by atoms with Crippen molar-refractivity contribution >= 4 is 17.3 Å². The Morgan fingerprint density at radius 3 is 2.88 bits per heavy atom. The third-order valence-corrected chi connectivity index (χ3v) is 4.44. The van der Waals surface area contributed by atoms with E-state index in [9.17, 15) is 18.0 Å². The van der Waals surface area contributed by atoms with Gasteiger partial charge in [0.2, 0.25) is 0 Å². The van der Waals surface area contributed by atoms with E-state index in [1.165, 1.54) is 17.2 Å². The summed E-state index contributed by atoms with van der Waals surface area (Å²) in [6.45, 7) is 0.469. The van der Waals surface area contributed by atoms with Crippen molar-refractivity contribution in [1.82, 2.24) is 14.8 Å². The second-order valence-corrected chi connectivity index (χ2v) is 6.07. The number of aromatic nitrogens is 3. The second kappa shape index (κ2) is 6.52. The molecule has 0 radical (unpaired) electrons. The summed E-state index contributed by atoms with van der Waals surface area (Å²) < 4.78 is 50.5. The number of alkyl halides is 3. The predicted octanol–water partition coefficient (Wildman–Crippen LogP) is 3.51. The second-order valence-electron chi connectivity index (χ2n) is 5.21. The summed E-state index contributed by atoms with van der Waals surface area (Å²) in [5, 5.41) is 5.37. The molecule has 130 valence electrons. The Hall–Kier alpha value is -1.94. The van der Waals surface area contributed by atoms with Crippen molar-refractivity contribution in [3.05, 3.63) is 22.8 Å². The Bertz CT molecular complexity index is 735. The molecule has 1 aliphatic heterocycles. The number of hydrogen-bond acceptors (Lipinski definition) is 6. The summed E-state index contributed by atoms with van der Waals surface area (Å²) in [6.07, 6.45) is -2.87. The van der Waals surface area contributed by atoms with E-state index in [0.29, 0.717) is 13.0 Å². The fourth-order valence-corrected chi connectivity index (χ4v) is 3.21. The molecule has 1 atom stereocenters. The Labute approximate surface area is 139 Å². The van der Waals surface area contributed by atoms with Crippen LogP contribution >= 0.6 is 11.3 Å². The molecule has 0 amide bonds. The van der Waals surface area contributed by atoms with Gasteiger partial charge in [-0.15, -0.1) is 11.3 Å². The summed E-state index contributed by atoms with van der Waals surface area (Å²) in [4.78, 5) is 15.6. The van der Waals surface area contributed by atoms with Gasteiger partial charge in [-0.05, 0) is 25.3 Å². The molecule has 0 N–H and O–H groups in total. The third-order valence-electron chi connectivity index (χ3n) is 3.57. The third kappa shape index (κ3) is 3.29. The van der Waals surface area contributed by atoms with Gasteiger partial charge in [0.05, 0.1) is 7.11 Å². The number of thiazole rings is 1. The van der Waals surface area contributed by atoms with Crippen LogP contribution in [0.25, 0.3) is 10.7 Å². The lowest BCUT2D eigenvalue weighted by atomic mass is 10.2. The molecule has 10 heteroatoms. The molecule has 0 spiro atoms. The van der Waals surface area contributed by atoms with Gasteiger partial charge in [-0.1, -0.05) is 0 Å². The molecule has 3 heterocycles. The van der Waals surface area contributed by atoms with Crippen LogP contribution in [0.3, 0.4) is 0 Å². The minimum Gasteiger partial charge on any atom is -0.464 e. The maximum atomic E-state index is 13.0. The van der Waals surface area contributed by atoms with Gasteiger partial charge in [0, 0.05) is 12.0 Å². The highest BCUT2D eigenvalue weighted by atomic mass is 32.1. The number of halogens is 3. The van der Waals surface area contributed by atoms with Crippen molar-refractivity contribution in [2.45, 2.75) is 31.7 Å². The average molecular weight is 361 g/mol. The van der Waals surface area contributed by atoms with Crippen LogP contribution in [-0.2, 0) is 15.7 Å². The number of hydrogen-bond donors (Lipinski definition) is 0. The molecular weight excluding hydrogens is 347 g/mol. The quantitative estimate of drug-likeness (QED) is 0.783. The number of methoxy groups -OCH3 is 1. The zero-order valence-electron chi connectivity index (χ0n) is 12.7. The zero-order valence-corrected chi connectivity index (χ0v) is 13.5. The highest BCUT2D eigenvalue weighted by Crippen LogP contribution is 2.36. The summed E-state index contributed by atoms with van der Waals surface area (Å²) in [6, 6.07) is 0.928. The van der Waals surface area contributed by atoms with E-state index in [2.05, 4.69) is 14.8 Å². The van der Waals surface area contributed by atoms with E-state index in [0.717, 1.165) is 30.2 Å². The molecule has 0 bridgehead atoms.